The number of aryl methyl sites for hydroxylation is 1. The van der Waals surface area contributed by atoms with E-state index < -0.39 is 36.0 Å². The van der Waals surface area contributed by atoms with E-state index in [1.54, 1.807) is 31.4 Å². The lowest BCUT2D eigenvalue weighted by Crippen LogP contribution is -2.62. The van der Waals surface area contributed by atoms with Gasteiger partial charge >= 0.3 is 5.97 Å². The second kappa shape index (κ2) is 7.91. The van der Waals surface area contributed by atoms with Gasteiger partial charge in [0, 0.05) is 0 Å². The number of carbonyl (C=O) groups is 2. The molecule has 3 atom stereocenters. The standard InChI is InChI=1S/C15H22N2O6/c1-23-10-5-2-9(3-6-10)4-7-11(18)13(20)15(17,14(21)22)8-12(16)19/h2-3,5-6,11,13,18,20H,4,7-8,17H2,1H3,(H2,16,19)(H,21,22). The summed E-state index contributed by atoms with van der Waals surface area (Å²) in [7, 11) is 1.54. The number of carboxylic acids is 1. The Kier molecular flexibility index (Phi) is 6.49. The van der Waals surface area contributed by atoms with Crippen LogP contribution in [-0.4, -0.2) is 52.1 Å². The van der Waals surface area contributed by atoms with Crippen molar-refractivity contribution in [3.63, 3.8) is 0 Å². The normalized spacial score (nSPS) is 16.2. The van der Waals surface area contributed by atoms with Crippen LogP contribution in [0.1, 0.15) is 18.4 Å². The van der Waals surface area contributed by atoms with Crippen LogP contribution in [0.3, 0.4) is 0 Å². The van der Waals surface area contributed by atoms with Gasteiger partial charge in [0.25, 0.3) is 0 Å². The first-order valence-electron chi connectivity index (χ1n) is 7.00. The Hall–Kier alpha value is -2.16. The summed E-state index contributed by atoms with van der Waals surface area (Å²) < 4.78 is 5.03. The van der Waals surface area contributed by atoms with Gasteiger partial charge in [-0.2, -0.15) is 0 Å². The van der Waals surface area contributed by atoms with E-state index in [9.17, 15) is 19.8 Å². The van der Waals surface area contributed by atoms with Crippen LogP contribution in [0.2, 0.25) is 0 Å². The molecule has 7 N–H and O–H groups in total. The van der Waals surface area contributed by atoms with Gasteiger partial charge < -0.3 is 31.5 Å². The molecule has 0 saturated carbocycles. The summed E-state index contributed by atoms with van der Waals surface area (Å²) in [5, 5.41) is 29.2. The summed E-state index contributed by atoms with van der Waals surface area (Å²) in [5.41, 5.74) is 9.06. The molecule has 0 heterocycles. The number of aliphatic hydroxyl groups is 2. The summed E-state index contributed by atoms with van der Waals surface area (Å²) in [5.74, 6) is -1.90. The van der Waals surface area contributed by atoms with Crippen LogP contribution in [-0.2, 0) is 16.0 Å². The number of carbonyl (C=O) groups excluding carboxylic acids is 1. The molecule has 1 amide bonds. The van der Waals surface area contributed by atoms with E-state index in [-0.39, 0.29) is 6.42 Å². The highest BCUT2D eigenvalue weighted by Crippen LogP contribution is 2.20. The van der Waals surface area contributed by atoms with Gasteiger partial charge in [-0.3, -0.25) is 9.59 Å². The quantitative estimate of drug-likeness (QED) is 0.390. The molecule has 0 aliphatic carbocycles. The highest BCUT2D eigenvalue weighted by molar-refractivity contribution is 5.87. The van der Waals surface area contributed by atoms with E-state index in [1.807, 2.05) is 0 Å². The van der Waals surface area contributed by atoms with Gasteiger partial charge in [-0.25, -0.2) is 0 Å². The van der Waals surface area contributed by atoms with Crippen LogP contribution in [0.15, 0.2) is 24.3 Å². The number of amides is 1. The Bertz CT molecular complexity index is 547. The molecule has 0 spiro atoms. The minimum Gasteiger partial charge on any atom is -0.497 e. The molecule has 0 fully saturated rings. The van der Waals surface area contributed by atoms with Gasteiger partial charge in [0.2, 0.25) is 5.91 Å². The van der Waals surface area contributed by atoms with Crippen molar-refractivity contribution in [1.82, 2.24) is 0 Å². The lowest BCUT2D eigenvalue weighted by atomic mass is 9.84. The summed E-state index contributed by atoms with van der Waals surface area (Å²) in [4.78, 5) is 22.2. The van der Waals surface area contributed by atoms with Gasteiger partial charge in [0.05, 0.1) is 19.6 Å². The molecule has 0 bridgehead atoms. The highest BCUT2D eigenvalue weighted by Gasteiger charge is 2.46. The number of hydrogen-bond acceptors (Lipinski definition) is 6. The minimum atomic E-state index is -2.33. The fraction of sp³-hybridized carbons (Fsp3) is 0.467. The van der Waals surface area contributed by atoms with Gasteiger partial charge in [0.1, 0.15) is 11.9 Å². The number of aliphatic carboxylic acids is 1. The number of rotatable bonds is 9. The zero-order chi connectivity index (χ0) is 17.6. The number of primary amides is 1. The predicted octanol–water partition coefficient (Wildman–Crippen LogP) is -0.993. The summed E-state index contributed by atoms with van der Waals surface area (Å²) in [6.45, 7) is 0. The first-order chi connectivity index (χ1) is 10.7. The maximum absolute atomic E-state index is 11.2. The second-order valence-electron chi connectivity index (χ2n) is 5.39. The molecule has 1 aromatic rings. The van der Waals surface area contributed by atoms with Crippen molar-refractivity contribution < 1.29 is 29.6 Å². The Labute approximate surface area is 133 Å². The molecule has 1 rings (SSSR count). The van der Waals surface area contributed by atoms with Crippen molar-refractivity contribution in [3.05, 3.63) is 29.8 Å². The van der Waals surface area contributed by atoms with Crippen LogP contribution in [0.4, 0.5) is 0 Å². The molecule has 23 heavy (non-hydrogen) atoms. The molecule has 128 valence electrons. The van der Waals surface area contributed by atoms with E-state index in [0.717, 1.165) is 5.56 Å². The lowest BCUT2D eigenvalue weighted by Gasteiger charge is -2.32. The molecule has 3 unspecified atom stereocenters. The molecule has 0 aromatic heterocycles. The molecule has 8 nitrogen and oxygen atoms in total. The second-order valence-corrected chi connectivity index (χ2v) is 5.39. The molecular weight excluding hydrogens is 304 g/mol. The number of aliphatic hydroxyl groups excluding tert-OH is 2. The SMILES string of the molecule is COc1ccc(CCC(O)C(O)C(N)(CC(N)=O)C(=O)O)cc1. The topological polar surface area (TPSA) is 156 Å². The van der Waals surface area contributed by atoms with Crippen LogP contribution in [0, 0.1) is 0 Å². The monoisotopic (exact) mass is 326 g/mol. The Balaban J connectivity index is 2.72. The number of hydrogen-bond donors (Lipinski definition) is 5. The fourth-order valence-electron chi connectivity index (χ4n) is 2.20. The van der Waals surface area contributed by atoms with Crippen molar-refractivity contribution in [2.24, 2.45) is 11.5 Å². The smallest absolute Gasteiger partial charge is 0.327 e. The van der Waals surface area contributed by atoms with Gasteiger partial charge in [-0.05, 0) is 30.5 Å². The zero-order valence-corrected chi connectivity index (χ0v) is 12.8. The zero-order valence-electron chi connectivity index (χ0n) is 12.8. The number of carboxylic acid groups (broad SMARTS) is 1. The third-order valence-electron chi connectivity index (χ3n) is 3.64. The van der Waals surface area contributed by atoms with Crippen molar-refractivity contribution in [2.75, 3.05) is 7.11 Å². The van der Waals surface area contributed by atoms with Gasteiger partial charge in [-0.15, -0.1) is 0 Å². The average Bonchev–Trinajstić information content (AvgIpc) is 2.51. The Morgan fingerprint density at radius 2 is 1.83 bits per heavy atom. The maximum atomic E-state index is 11.2. The Morgan fingerprint density at radius 1 is 1.26 bits per heavy atom. The number of benzene rings is 1. The average molecular weight is 326 g/mol. The van der Waals surface area contributed by atoms with Gasteiger partial charge in [0.15, 0.2) is 5.54 Å². The molecule has 0 aliphatic heterocycles. The lowest BCUT2D eigenvalue weighted by molar-refractivity contribution is -0.154. The molecule has 0 radical (unpaired) electrons. The summed E-state index contributed by atoms with van der Waals surface area (Å²) in [6.07, 6.45) is -3.57. The number of methoxy groups -OCH3 is 1. The van der Waals surface area contributed by atoms with Gasteiger partial charge in [-0.1, -0.05) is 12.1 Å². The van der Waals surface area contributed by atoms with Crippen LogP contribution in [0.5, 0.6) is 5.75 Å². The number of nitrogens with two attached hydrogens (primary N) is 2. The molecular formula is C15H22N2O6. The van der Waals surface area contributed by atoms with Crippen LogP contribution in [0.25, 0.3) is 0 Å². The van der Waals surface area contributed by atoms with E-state index in [0.29, 0.717) is 12.2 Å². The van der Waals surface area contributed by atoms with E-state index in [4.69, 9.17) is 21.3 Å². The van der Waals surface area contributed by atoms with Crippen molar-refractivity contribution in [3.8, 4) is 5.75 Å². The third kappa shape index (κ3) is 4.92. The number of ether oxygens (including phenoxy) is 1. The van der Waals surface area contributed by atoms with Crippen LogP contribution >= 0.6 is 0 Å². The van der Waals surface area contributed by atoms with E-state index in [2.05, 4.69) is 0 Å². The van der Waals surface area contributed by atoms with E-state index >= 15 is 0 Å². The molecule has 8 heteroatoms. The first-order valence-corrected chi connectivity index (χ1v) is 7.00. The van der Waals surface area contributed by atoms with Crippen molar-refractivity contribution in [2.45, 2.75) is 37.0 Å². The summed E-state index contributed by atoms with van der Waals surface area (Å²) >= 11 is 0. The van der Waals surface area contributed by atoms with Crippen molar-refractivity contribution >= 4 is 11.9 Å². The first kappa shape index (κ1) is 18.9. The van der Waals surface area contributed by atoms with E-state index in [1.165, 1.54) is 0 Å². The van der Waals surface area contributed by atoms with Crippen molar-refractivity contribution in [1.29, 1.82) is 0 Å². The highest BCUT2D eigenvalue weighted by atomic mass is 16.5. The third-order valence-corrected chi connectivity index (χ3v) is 3.64. The fourth-order valence-corrected chi connectivity index (χ4v) is 2.20. The summed E-state index contributed by atoms with van der Waals surface area (Å²) in [6, 6.07) is 7.06. The maximum Gasteiger partial charge on any atom is 0.327 e. The molecule has 0 aliphatic rings. The Morgan fingerprint density at radius 3 is 2.26 bits per heavy atom. The van der Waals surface area contributed by atoms with Crippen LogP contribution < -0.4 is 16.2 Å². The predicted molar refractivity (Wildman–Crippen MR) is 81.7 cm³/mol. The largest absolute Gasteiger partial charge is 0.497 e. The molecule has 1 aromatic carbocycles. The molecule has 0 saturated heterocycles. The minimum absolute atomic E-state index is 0.0679.